The molecule has 2 rings (SSSR count). The fraction of sp³-hybridized carbons (Fsp3) is 0.571. The molecule has 1 N–H and O–H groups in total. The van der Waals surface area contributed by atoms with Crippen LogP contribution in [0.1, 0.15) is 49.4 Å². The fourth-order valence-electron chi connectivity index (χ4n) is 2.72. The zero-order chi connectivity index (χ0) is 13.8. The molecule has 4 nitrogen and oxygen atoms in total. The first-order chi connectivity index (χ1) is 9.13. The quantitative estimate of drug-likeness (QED) is 0.858. The van der Waals surface area contributed by atoms with E-state index in [1.165, 1.54) is 12.5 Å². The Kier molecular flexibility index (Phi) is 4.64. The highest BCUT2D eigenvalue weighted by Crippen LogP contribution is 2.29. The Labute approximate surface area is 118 Å². The summed E-state index contributed by atoms with van der Waals surface area (Å²) in [7, 11) is 0. The van der Waals surface area contributed by atoms with E-state index in [4.69, 9.17) is 11.6 Å². The minimum atomic E-state index is -0.944. The van der Waals surface area contributed by atoms with E-state index >= 15 is 0 Å². The summed E-state index contributed by atoms with van der Waals surface area (Å²) in [6, 6.07) is 3.46. The maximum atomic E-state index is 11.3. The molecule has 0 amide bonds. The molecule has 0 radical (unpaired) electrons. The van der Waals surface area contributed by atoms with Crippen molar-refractivity contribution in [2.45, 2.75) is 45.1 Å². The third kappa shape index (κ3) is 3.18. The van der Waals surface area contributed by atoms with Crippen molar-refractivity contribution >= 4 is 23.4 Å². The number of pyridine rings is 1. The molecule has 1 unspecified atom stereocenters. The topological polar surface area (TPSA) is 53.4 Å². The van der Waals surface area contributed by atoms with Gasteiger partial charge in [-0.25, -0.2) is 9.78 Å². The summed E-state index contributed by atoms with van der Waals surface area (Å²) in [6.45, 7) is 3.01. The van der Waals surface area contributed by atoms with Gasteiger partial charge >= 0.3 is 5.97 Å². The van der Waals surface area contributed by atoms with Gasteiger partial charge in [0.05, 0.1) is 0 Å². The van der Waals surface area contributed by atoms with Gasteiger partial charge in [0.15, 0.2) is 0 Å². The number of nitrogens with zero attached hydrogens (tertiary/aromatic N) is 2. The van der Waals surface area contributed by atoms with Crippen molar-refractivity contribution in [1.29, 1.82) is 0 Å². The van der Waals surface area contributed by atoms with Crippen LogP contribution in [-0.4, -0.2) is 28.6 Å². The highest BCUT2D eigenvalue weighted by atomic mass is 35.5. The second kappa shape index (κ2) is 6.24. The second-order valence-electron chi connectivity index (χ2n) is 4.94. The Morgan fingerprint density at radius 2 is 2.32 bits per heavy atom. The molecular weight excluding hydrogens is 264 g/mol. The molecule has 1 aliphatic heterocycles. The molecule has 0 bridgehead atoms. The van der Waals surface area contributed by atoms with Crippen LogP contribution in [0, 0.1) is 0 Å². The van der Waals surface area contributed by atoms with Crippen LogP contribution in [0.4, 0.5) is 5.82 Å². The summed E-state index contributed by atoms with van der Waals surface area (Å²) in [6.07, 6.45) is 5.52. The van der Waals surface area contributed by atoms with Crippen LogP contribution in [0.25, 0.3) is 0 Å². The van der Waals surface area contributed by atoms with Crippen molar-refractivity contribution in [2.24, 2.45) is 0 Å². The van der Waals surface area contributed by atoms with Gasteiger partial charge in [0.25, 0.3) is 0 Å². The van der Waals surface area contributed by atoms with Crippen molar-refractivity contribution < 1.29 is 9.90 Å². The van der Waals surface area contributed by atoms with Crippen molar-refractivity contribution in [3.8, 4) is 0 Å². The van der Waals surface area contributed by atoms with Gasteiger partial charge in [-0.05, 0) is 37.8 Å². The summed E-state index contributed by atoms with van der Waals surface area (Å²) in [5, 5.41) is 9.64. The smallest absolute Gasteiger partial charge is 0.339 e. The Balaban J connectivity index is 2.37. The summed E-state index contributed by atoms with van der Waals surface area (Å²) >= 11 is 5.93. The number of hydrogen-bond acceptors (Lipinski definition) is 3. The second-order valence-corrected chi connectivity index (χ2v) is 5.33. The van der Waals surface area contributed by atoms with Gasteiger partial charge in [0, 0.05) is 12.6 Å². The van der Waals surface area contributed by atoms with Crippen LogP contribution in [0.5, 0.6) is 0 Å². The maximum absolute atomic E-state index is 11.3. The lowest BCUT2D eigenvalue weighted by molar-refractivity contribution is 0.0697. The largest absolute Gasteiger partial charge is 0.478 e. The Morgan fingerprint density at radius 3 is 3.00 bits per heavy atom. The first kappa shape index (κ1) is 14.1. The number of carboxylic acids is 1. The molecule has 1 fully saturated rings. The van der Waals surface area contributed by atoms with Crippen LogP contribution >= 0.6 is 11.6 Å². The monoisotopic (exact) mass is 282 g/mol. The molecule has 5 heteroatoms. The first-order valence-corrected chi connectivity index (χ1v) is 7.17. The zero-order valence-electron chi connectivity index (χ0n) is 11.1. The standard InChI is InChI=1S/C14H19ClN2O2/c1-2-5-10-6-3-4-9-17(10)13-11(14(18)19)7-8-12(15)16-13/h7-8,10H,2-6,9H2,1H3,(H,18,19). The van der Waals surface area contributed by atoms with Crippen LogP contribution in [0.2, 0.25) is 5.15 Å². The number of anilines is 1. The molecule has 104 valence electrons. The molecule has 0 aromatic carbocycles. The number of hydrogen-bond donors (Lipinski definition) is 1. The van der Waals surface area contributed by atoms with E-state index in [9.17, 15) is 9.90 Å². The van der Waals surface area contributed by atoms with E-state index in [-0.39, 0.29) is 5.56 Å². The number of carboxylic acid groups (broad SMARTS) is 1. The highest BCUT2D eigenvalue weighted by Gasteiger charge is 2.26. The van der Waals surface area contributed by atoms with Gasteiger partial charge in [0.1, 0.15) is 16.5 Å². The molecule has 0 aliphatic carbocycles. The Bertz CT molecular complexity index is 463. The van der Waals surface area contributed by atoms with Crippen LogP contribution < -0.4 is 4.90 Å². The van der Waals surface area contributed by atoms with Gasteiger partial charge in [-0.15, -0.1) is 0 Å². The molecule has 0 spiro atoms. The lowest BCUT2D eigenvalue weighted by Crippen LogP contribution is -2.41. The molecule has 19 heavy (non-hydrogen) atoms. The number of aromatic carboxylic acids is 1. The van der Waals surface area contributed by atoms with E-state index < -0.39 is 5.97 Å². The van der Waals surface area contributed by atoms with Crippen molar-refractivity contribution in [3.63, 3.8) is 0 Å². The number of piperidine rings is 1. The summed E-state index contributed by atoms with van der Waals surface area (Å²) in [5.41, 5.74) is 0.243. The van der Waals surface area contributed by atoms with Gasteiger partial charge in [-0.1, -0.05) is 24.9 Å². The maximum Gasteiger partial charge on any atom is 0.339 e. The zero-order valence-corrected chi connectivity index (χ0v) is 11.9. The number of rotatable bonds is 4. The predicted molar refractivity (Wildman–Crippen MR) is 76.1 cm³/mol. The van der Waals surface area contributed by atoms with Crippen LogP contribution in [0.15, 0.2) is 12.1 Å². The number of halogens is 1. The summed E-state index contributed by atoms with van der Waals surface area (Å²) < 4.78 is 0. The average molecular weight is 283 g/mol. The molecule has 1 aromatic rings. The molecule has 2 heterocycles. The fourth-order valence-corrected chi connectivity index (χ4v) is 2.87. The lowest BCUT2D eigenvalue weighted by Gasteiger charge is -2.37. The minimum Gasteiger partial charge on any atom is -0.478 e. The van der Waals surface area contributed by atoms with E-state index in [0.29, 0.717) is 17.0 Å². The number of carbonyl (C=O) groups is 1. The molecule has 1 aromatic heterocycles. The third-order valence-corrected chi connectivity index (χ3v) is 3.80. The van der Waals surface area contributed by atoms with E-state index in [2.05, 4.69) is 16.8 Å². The summed E-state index contributed by atoms with van der Waals surface area (Å²) in [5.74, 6) is -0.418. The molecule has 1 atom stereocenters. The van der Waals surface area contributed by atoms with E-state index in [1.807, 2.05) is 0 Å². The van der Waals surface area contributed by atoms with Gasteiger partial charge in [-0.2, -0.15) is 0 Å². The van der Waals surface area contributed by atoms with Crippen molar-refractivity contribution in [1.82, 2.24) is 4.98 Å². The van der Waals surface area contributed by atoms with Crippen molar-refractivity contribution in [3.05, 3.63) is 22.8 Å². The molecular formula is C14H19ClN2O2. The lowest BCUT2D eigenvalue weighted by atomic mass is 9.97. The molecule has 1 aliphatic rings. The predicted octanol–water partition coefficient (Wildman–Crippen LogP) is 3.59. The molecule has 0 saturated carbocycles. The Morgan fingerprint density at radius 1 is 1.53 bits per heavy atom. The first-order valence-electron chi connectivity index (χ1n) is 6.80. The van der Waals surface area contributed by atoms with Gasteiger partial charge < -0.3 is 10.0 Å². The minimum absolute atomic E-state index is 0.243. The van der Waals surface area contributed by atoms with E-state index in [1.54, 1.807) is 6.07 Å². The average Bonchev–Trinajstić information content (AvgIpc) is 2.39. The SMILES string of the molecule is CCCC1CCCCN1c1nc(Cl)ccc1C(=O)O. The molecule has 1 saturated heterocycles. The third-order valence-electron chi connectivity index (χ3n) is 3.59. The van der Waals surface area contributed by atoms with Gasteiger partial charge in [0.2, 0.25) is 0 Å². The Hall–Kier alpha value is -1.29. The number of aromatic nitrogens is 1. The van der Waals surface area contributed by atoms with Crippen molar-refractivity contribution in [2.75, 3.05) is 11.4 Å². The van der Waals surface area contributed by atoms with Gasteiger partial charge in [-0.3, -0.25) is 0 Å². The van der Waals surface area contributed by atoms with Crippen LogP contribution in [-0.2, 0) is 0 Å². The summed E-state index contributed by atoms with van der Waals surface area (Å²) in [4.78, 5) is 17.7. The normalized spacial score (nSPS) is 19.5. The van der Waals surface area contributed by atoms with Crippen LogP contribution in [0.3, 0.4) is 0 Å². The van der Waals surface area contributed by atoms with E-state index in [0.717, 1.165) is 32.2 Å². The highest BCUT2D eigenvalue weighted by molar-refractivity contribution is 6.29.